The van der Waals surface area contributed by atoms with Crippen LogP contribution in [0.25, 0.3) is 0 Å². The Bertz CT molecular complexity index is 523. The van der Waals surface area contributed by atoms with E-state index in [1.807, 2.05) is 6.92 Å². The Kier molecular flexibility index (Phi) is 3.68. The fourth-order valence-corrected chi connectivity index (χ4v) is 4.04. The fraction of sp³-hybridized carbons (Fsp3) is 0.700. The molecule has 0 unspecified atom stereocenters. The summed E-state index contributed by atoms with van der Waals surface area (Å²) in [7, 11) is -1.92. The highest BCUT2D eigenvalue weighted by atomic mass is 35.5. The minimum absolute atomic E-state index is 0.00248. The molecule has 102 valence electrons. The molecule has 1 aromatic rings. The van der Waals surface area contributed by atoms with E-state index in [0.717, 1.165) is 0 Å². The van der Waals surface area contributed by atoms with Crippen molar-refractivity contribution in [3.8, 4) is 0 Å². The molecule has 8 heteroatoms. The third-order valence-electron chi connectivity index (χ3n) is 3.23. The van der Waals surface area contributed by atoms with Gasteiger partial charge in [-0.05, 0) is 31.4 Å². The van der Waals surface area contributed by atoms with E-state index in [2.05, 4.69) is 4.98 Å². The normalized spacial score (nSPS) is 26.4. The zero-order valence-electron chi connectivity index (χ0n) is 10.4. The number of piperidine rings is 1. The van der Waals surface area contributed by atoms with Gasteiger partial charge in [0.1, 0.15) is 0 Å². The number of rotatable bonds is 2. The Hall–Kier alpha value is -0.630. The topological polar surface area (TPSA) is 81.2 Å². The van der Waals surface area contributed by atoms with Gasteiger partial charge < -0.3 is 10.3 Å². The second-order valence-electron chi connectivity index (χ2n) is 4.71. The van der Waals surface area contributed by atoms with Gasteiger partial charge in [0.05, 0.1) is 0 Å². The lowest BCUT2D eigenvalue weighted by atomic mass is 10.0. The van der Waals surface area contributed by atoms with Gasteiger partial charge in [-0.15, -0.1) is 0 Å². The summed E-state index contributed by atoms with van der Waals surface area (Å²) in [6, 6.07) is -0.0432. The molecule has 2 heterocycles. The van der Waals surface area contributed by atoms with Gasteiger partial charge in [-0.1, -0.05) is 0 Å². The van der Waals surface area contributed by atoms with Gasteiger partial charge in [0.15, 0.2) is 5.03 Å². The van der Waals surface area contributed by atoms with E-state index in [1.54, 1.807) is 7.05 Å². The number of halogens is 1. The van der Waals surface area contributed by atoms with Gasteiger partial charge in [-0.2, -0.15) is 4.31 Å². The first-order valence-corrected chi connectivity index (χ1v) is 7.60. The molecule has 1 saturated heterocycles. The first-order valence-electron chi connectivity index (χ1n) is 5.78. The quantitative estimate of drug-likeness (QED) is 0.864. The molecular formula is C10H17ClN4O2S. The van der Waals surface area contributed by atoms with Crippen molar-refractivity contribution in [1.82, 2.24) is 13.9 Å². The van der Waals surface area contributed by atoms with Crippen molar-refractivity contribution in [3.63, 3.8) is 0 Å². The van der Waals surface area contributed by atoms with E-state index in [0.29, 0.717) is 19.4 Å². The summed E-state index contributed by atoms with van der Waals surface area (Å²) in [6.45, 7) is 2.29. The van der Waals surface area contributed by atoms with Crippen LogP contribution in [-0.2, 0) is 17.1 Å². The number of aryl methyl sites for hydroxylation is 1. The highest BCUT2D eigenvalue weighted by Crippen LogP contribution is 2.24. The van der Waals surface area contributed by atoms with Crippen LogP contribution < -0.4 is 5.73 Å². The van der Waals surface area contributed by atoms with Crippen molar-refractivity contribution < 1.29 is 8.42 Å². The number of nitrogens with two attached hydrogens (primary N) is 1. The molecule has 1 fully saturated rings. The predicted octanol–water partition coefficient (Wildman–Crippen LogP) is 0.574. The van der Waals surface area contributed by atoms with Crippen molar-refractivity contribution >= 4 is 21.6 Å². The van der Waals surface area contributed by atoms with Crippen LogP contribution in [0.15, 0.2) is 11.2 Å². The molecule has 2 N–H and O–H groups in total. The van der Waals surface area contributed by atoms with E-state index in [4.69, 9.17) is 17.3 Å². The summed E-state index contributed by atoms with van der Waals surface area (Å²) >= 11 is 5.78. The molecule has 1 aromatic heterocycles. The van der Waals surface area contributed by atoms with E-state index >= 15 is 0 Å². The predicted molar refractivity (Wildman–Crippen MR) is 68.8 cm³/mol. The summed E-state index contributed by atoms with van der Waals surface area (Å²) in [5.41, 5.74) is 5.84. The van der Waals surface area contributed by atoms with Crippen molar-refractivity contribution in [2.24, 2.45) is 12.8 Å². The molecule has 6 nitrogen and oxygen atoms in total. The number of aromatic nitrogens is 2. The highest BCUT2D eigenvalue weighted by Gasteiger charge is 2.35. The molecule has 0 saturated carbocycles. The minimum atomic E-state index is -3.57. The molecule has 1 aliphatic heterocycles. The van der Waals surface area contributed by atoms with Gasteiger partial charge >= 0.3 is 0 Å². The zero-order chi connectivity index (χ0) is 13.5. The van der Waals surface area contributed by atoms with Crippen molar-refractivity contribution in [3.05, 3.63) is 11.5 Å². The van der Waals surface area contributed by atoms with Gasteiger partial charge in [0.2, 0.25) is 5.28 Å². The third kappa shape index (κ3) is 2.40. The smallest absolute Gasteiger partial charge is 0.262 e. The summed E-state index contributed by atoms with van der Waals surface area (Å²) < 4.78 is 27.8. The standard InChI is InChI=1S/C10H17ClN4O2S/c1-7-5-8(12)3-4-15(7)18(16,17)9-6-14(2)10(11)13-9/h6-8H,3-5,12H2,1-2H3/t7-,8-/m0/s1. The van der Waals surface area contributed by atoms with Crippen LogP contribution >= 0.6 is 11.6 Å². The van der Waals surface area contributed by atoms with Crippen LogP contribution in [0, 0.1) is 0 Å². The summed E-state index contributed by atoms with van der Waals surface area (Å²) in [6.07, 6.45) is 2.77. The first kappa shape index (κ1) is 13.8. The maximum atomic E-state index is 12.4. The van der Waals surface area contributed by atoms with Gasteiger partial charge in [-0.3, -0.25) is 0 Å². The summed E-state index contributed by atoms with van der Waals surface area (Å²) in [4.78, 5) is 3.88. The number of sulfonamides is 1. The molecule has 0 amide bonds. The lowest BCUT2D eigenvalue weighted by Crippen LogP contribution is -2.48. The van der Waals surface area contributed by atoms with E-state index in [9.17, 15) is 8.42 Å². The highest BCUT2D eigenvalue weighted by molar-refractivity contribution is 7.89. The lowest BCUT2D eigenvalue weighted by molar-refractivity contribution is 0.246. The molecule has 2 rings (SSSR count). The Balaban J connectivity index is 2.31. The van der Waals surface area contributed by atoms with Gasteiger partial charge in [0.25, 0.3) is 10.0 Å². The molecule has 18 heavy (non-hydrogen) atoms. The average molecular weight is 293 g/mol. The molecule has 0 radical (unpaired) electrons. The molecule has 0 aromatic carbocycles. The minimum Gasteiger partial charge on any atom is -0.328 e. The number of hydrogen-bond acceptors (Lipinski definition) is 4. The van der Waals surface area contributed by atoms with Crippen LogP contribution in [0.3, 0.4) is 0 Å². The molecule has 2 atom stereocenters. The third-order valence-corrected chi connectivity index (χ3v) is 5.46. The van der Waals surface area contributed by atoms with Crippen molar-refractivity contribution in [1.29, 1.82) is 0 Å². The number of nitrogens with zero attached hydrogens (tertiary/aromatic N) is 3. The van der Waals surface area contributed by atoms with Crippen LogP contribution in [0.2, 0.25) is 5.28 Å². The molecule has 1 aliphatic rings. The molecular weight excluding hydrogens is 276 g/mol. The Morgan fingerprint density at radius 3 is 2.72 bits per heavy atom. The average Bonchev–Trinajstić information content (AvgIpc) is 2.59. The Labute approximate surface area is 112 Å². The SMILES string of the molecule is C[C@H]1C[C@@H](N)CCN1S(=O)(=O)c1cn(C)c(Cl)n1. The van der Waals surface area contributed by atoms with Crippen molar-refractivity contribution in [2.75, 3.05) is 6.54 Å². The van der Waals surface area contributed by atoms with E-state index in [-0.39, 0.29) is 22.4 Å². The number of imidazole rings is 1. The Morgan fingerprint density at radius 2 is 2.22 bits per heavy atom. The second kappa shape index (κ2) is 4.80. The summed E-state index contributed by atoms with van der Waals surface area (Å²) in [5, 5.41) is 0.160. The van der Waals surface area contributed by atoms with Gasteiger partial charge in [-0.25, -0.2) is 13.4 Å². The zero-order valence-corrected chi connectivity index (χ0v) is 11.9. The van der Waals surface area contributed by atoms with Crippen molar-refractivity contribution in [2.45, 2.75) is 36.9 Å². The first-order chi connectivity index (χ1) is 8.32. The maximum Gasteiger partial charge on any atom is 0.262 e. The van der Waals surface area contributed by atoms with Crippen LogP contribution in [0.1, 0.15) is 19.8 Å². The second-order valence-corrected chi connectivity index (χ2v) is 6.88. The maximum absolute atomic E-state index is 12.4. The van der Waals surface area contributed by atoms with Gasteiger partial charge in [0, 0.05) is 31.9 Å². The number of hydrogen-bond donors (Lipinski definition) is 1. The van der Waals surface area contributed by atoms with Crippen LogP contribution in [0.4, 0.5) is 0 Å². The monoisotopic (exact) mass is 292 g/mol. The largest absolute Gasteiger partial charge is 0.328 e. The van der Waals surface area contributed by atoms with Crippen LogP contribution in [-0.4, -0.2) is 40.9 Å². The molecule has 0 bridgehead atoms. The lowest BCUT2D eigenvalue weighted by Gasteiger charge is -2.34. The van der Waals surface area contributed by atoms with E-state index in [1.165, 1.54) is 15.1 Å². The Morgan fingerprint density at radius 1 is 1.56 bits per heavy atom. The summed E-state index contributed by atoms with van der Waals surface area (Å²) in [5.74, 6) is 0. The molecule has 0 spiro atoms. The van der Waals surface area contributed by atoms with E-state index < -0.39 is 10.0 Å². The molecule has 0 aliphatic carbocycles. The van der Waals surface area contributed by atoms with Crippen LogP contribution in [0.5, 0.6) is 0 Å². The fourth-order valence-electron chi connectivity index (χ4n) is 2.21.